The van der Waals surface area contributed by atoms with Crippen molar-refractivity contribution in [1.29, 1.82) is 0 Å². The third-order valence-electron chi connectivity index (χ3n) is 5.02. The zero-order chi connectivity index (χ0) is 20.4. The number of aromatic hydroxyl groups is 2. The molecule has 0 aliphatic carbocycles. The number of phenolic OH excluding ortho intramolecular Hbond substituents is 2. The topological polar surface area (TPSA) is 95.8 Å². The van der Waals surface area contributed by atoms with Crippen LogP contribution in [-0.4, -0.2) is 44.1 Å². The molecular formula is C21H27N3O4. The van der Waals surface area contributed by atoms with Gasteiger partial charge in [-0.1, -0.05) is 20.8 Å². The van der Waals surface area contributed by atoms with Crippen LogP contribution in [0.3, 0.4) is 0 Å². The Morgan fingerprint density at radius 3 is 2.61 bits per heavy atom. The Hall–Kier alpha value is -2.83. The molecule has 0 spiro atoms. The van der Waals surface area contributed by atoms with E-state index in [9.17, 15) is 15.0 Å². The minimum absolute atomic E-state index is 0.00170. The van der Waals surface area contributed by atoms with Gasteiger partial charge in [-0.25, -0.2) is 0 Å². The molecular weight excluding hydrogens is 358 g/mol. The Bertz CT molecular complexity index is 878. The summed E-state index contributed by atoms with van der Waals surface area (Å²) in [6.45, 7) is 9.15. The second-order valence-electron chi connectivity index (χ2n) is 7.22. The van der Waals surface area contributed by atoms with Crippen molar-refractivity contribution in [3.8, 4) is 17.5 Å². The van der Waals surface area contributed by atoms with Crippen molar-refractivity contribution >= 4 is 5.91 Å². The van der Waals surface area contributed by atoms with Gasteiger partial charge in [0.2, 0.25) is 0 Å². The largest absolute Gasteiger partial charge is 0.508 e. The number of carbonyl (C=O) groups is 1. The van der Waals surface area contributed by atoms with Gasteiger partial charge in [-0.2, -0.15) is 9.97 Å². The first-order chi connectivity index (χ1) is 13.3. The van der Waals surface area contributed by atoms with Crippen LogP contribution in [0, 0.1) is 0 Å². The van der Waals surface area contributed by atoms with Crippen molar-refractivity contribution < 1.29 is 19.7 Å². The average molecular weight is 385 g/mol. The number of amides is 1. The molecule has 2 aromatic rings. The minimum Gasteiger partial charge on any atom is -0.508 e. The second kappa shape index (κ2) is 8.04. The number of rotatable bonds is 5. The van der Waals surface area contributed by atoms with E-state index in [4.69, 9.17) is 4.74 Å². The number of carbonyl (C=O) groups excluding carboxylic acids is 1. The van der Waals surface area contributed by atoms with E-state index < -0.39 is 0 Å². The van der Waals surface area contributed by atoms with E-state index in [1.165, 1.54) is 6.07 Å². The SMILES string of the molecule is CCOc1nc(CC)c2c(n1)CCN(C(=O)c1cc(C(C)C)c(O)cc1O)C2. The number of ether oxygens (including phenoxy) is 1. The van der Waals surface area contributed by atoms with Crippen LogP contribution in [0.5, 0.6) is 17.5 Å². The number of hydrogen-bond acceptors (Lipinski definition) is 6. The predicted octanol–water partition coefficient (Wildman–Crippen LogP) is 3.17. The third-order valence-corrected chi connectivity index (χ3v) is 5.02. The summed E-state index contributed by atoms with van der Waals surface area (Å²) in [5, 5.41) is 20.3. The number of nitrogens with zero attached hydrogens (tertiary/aromatic N) is 3. The van der Waals surface area contributed by atoms with E-state index in [2.05, 4.69) is 9.97 Å². The van der Waals surface area contributed by atoms with Crippen LogP contribution in [0.15, 0.2) is 12.1 Å². The van der Waals surface area contributed by atoms with Crippen LogP contribution in [-0.2, 0) is 19.4 Å². The number of phenols is 2. The van der Waals surface area contributed by atoms with Gasteiger partial charge in [0.25, 0.3) is 5.91 Å². The molecule has 2 heterocycles. The van der Waals surface area contributed by atoms with Gasteiger partial charge in [-0.3, -0.25) is 4.79 Å². The summed E-state index contributed by atoms with van der Waals surface area (Å²) in [5.74, 6) is -0.443. The molecule has 7 nitrogen and oxygen atoms in total. The fourth-order valence-electron chi connectivity index (χ4n) is 3.51. The molecule has 1 amide bonds. The normalized spacial score (nSPS) is 13.5. The number of benzene rings is 1. The molecule has 3 rings (SSSR count). The van der Waals surface area contributed by atoms with Crippen LogP contribution < -0.4 is 4.74 Å². The van der Waals surface area contributed by atoms with Gasteiger partial charge >= 0.3 is 6.01 Å². The molecule has 0 unspecified atom stereocenters. The molecule has 0 saturated heterocycles. The molecule has 1 aromatic carbocycles. The molecule has 1 aromatic heterocycles. The lowest BCUT2D eigenvalue weighted by molar-refractivity contribution is 0.0729. The molecule has 0 bridgehead atoms. The van der Waals surface area contributed by atoms with E-state index in [-0.39, 0.29) is 28.9 Å². The smallest absolute Gasteiger partial charge is 0.316 e. The summed E-state index contributed by atoms with van der Waals surface area (Å²) in [6.07, 6.45) is 1.32. The molecule has 0 radical (unpaired) electrons. The van der Waals surface area contributed by atoms with Crippen molar-refractivity contribution in [2.24, 2.45) is 0 Å². The van der Waals surface area contributed by atoms with Crippen molar-refractivity contribution in [1.82, 2.24) is 14.9 Å². The molecule has 1 aliphatic rings. The molecule has 2 N–H and O–H groups in total. The first-order valence-electron chi connectivity index (χ1n) is 9.72. The van der Waals surface area contributed by atoms with Gasteiger partial charge < -0.3 is 19.8 Å². The Morgan fingerprint density at radius 2 is 1.96 bits per heavy atom. The predicted molar refractivity (Wildman–Crippen MR) is 105 cm³/mol. The molecule has 0 saturated carbocycles. The van der Waals surface area contributed by atoms with Crippen molar-refractivity contribution in [2.45, 2.75) is 53.0 Å². The first kappa shape index (κ1) is 19.9. The van der Waals surface area contributed by atoms with Crippen molar-refractivity contribution in [3.05, 3.63) is 40.2 Å². The summed E-state index contributed by atoms with van der Waals surface area (Å²) in [7, 11) is 0. The fraction of sp³-hybridized carbons (Fsp3) is 0.476. The number of aromatic nitrogens is 2. The molecule has 150 valence electrons. The second-order valence-corrected chi connectivity index (χ2v) is 7.22. The summed E-state index contributed by atoms with van der Waals surface area (Å²) in [6, 6.07) is 3.22. The average Bonchev–Trinajstić information content (AvgIpc) is 2.66. The van der Waals surface area contributed by atoms with Crippen LogP contribution in [0.25, 0.3) is 0 Å². The number of fused-ring (bicyclic) bond motifs is 1. The Morgan fingerprint density at radius 1 is 1.21 bits per heavy atom. The maximum absolute atomic E-state index is 13.1. The zero-order valence-corrected chi connectivity index (χ0v) is 16.8. The highest BCUT2D eigenvalue weighted by Crippen LogP contribution is 2.34. The highest BCUT2D eigenvalue weighted by atomic mass is 16.5. The van der Waals surface area contributed by atoms with Gasteiger partial charge in [0.1, 0.15) is 11.5 Å². The van der Waals surface area contributed by atoms with Crippen molar-refractivity contribution in [3.63, 3.8) is 0 Å². The lowest BCUT2D eigenvalue weighted by Crippen LogP contribution is -2.37. The van der Waals surface area contributed by atoms with Crippen LogP contribution in [0.1, 0.15) is 66.5 Å². The van der Waals surface area contributed by atoms with Gasteiger partial charge in [-0.05, 0) is 30.9 Å². The summed E-state index contributed by atoms with van der Waals surface area (Å²) in [4.78, 5) is 23.8. The highest BCUT2D eigenvalue weighted by Gasteiger charge is 2.28. The third kappa shape index (κ3) is 3.74. The fourth-order valence-corrected chi connectivity index (χ4v) is 3.51. The Kier molecular flexibility index (Phi) is 5.72. The van der Waals surface area contributed by atoms with Gasteiger partial charge in [0.15, 0.2) is 0 Å². The van der Waals surface area contributed by atoms with E-state index in [1.807, 2.05) is 27.7 Å². The van der Waals surface area contributed by atoms with Gasteiger partial charge in [0.05, 0.1) is 23.6 Å². The first-order valence-corrected chi connectivity index (χ1v) is 9.72. The standard InChI is InChI=1S/C21H27N3O4/c1-5-16-15-11-24(8-7-17(15)23-21(22-16)28-6-2)20(27)14-9-13(12(3)4)18(25)10-19(14)26/h9-10,12,25-26H,5-8,11H2,1-4H3. The molecule has 7 heteroatoms. The van der Waals surface area contributed by atoms with Gasteiger partial charge in [0, 0.05) is 31.1 Å². The Labute approximate surface area is 165 Å². The molecule has 1 aliphatic heterocycles. The lowest BCUT2D eigenvalue weighted by Gasteiger charge is -2.30. The summed E-state index contributed by atoms with van der Waals surface area (Å²) in [5.41, 5.74) is 3.58. The van der Waals surface area contributed by atoms with Gasteiger partial charge in [-0.15, -0.1) is 0 Å². The van der Waals surface area contributed by atoms with E-state index in [0.29, 0.717) is 37.7 Å². The molecule has 0 fully saturated rings. The zero-order valence-electron chi connectivity index (χ0n) is 16.8. The van der Waals surface area contributed by atoms with Crippen LogP contribution in [0.4, 0.5) is 0 Å². The Balaban J connectivity index is 1.92. The van der Waals surface area contributed by atoms with E-state index in [1.54, 1.807) is 11.0 Å². The molecule has 0 atom stereocenters. The number of aryl methyl sites for hydroxylation is 1. The maximum atomic E-state index is 13.1. The quantitative estimate of drug-likeness (QED) is 0.821. The molecule has 28 heavy (non-hydrogen) atoms. The minimum atomic E-state index is -0.263. The van der Waals surface area contributed by atoms with Crippen LogP contribution >= 0.6 is 0 Å². The van der Waals surface area contributed by atoms with Crippen LogP contribution in [0.2, 0.25) is 0 Å². The monoisotopic (exact) mass is 385 g/mol. The maximum Gasteiger partial charge on any atom is 0.316 e. The van der Waals surface area contributed by atoms with E-state index in [0.717, 1.165) is 23.4 Å². The number of hydrogen-bond donors (Lipinski definition) is 2. The summed E-state index contributed by atoms with van der Waals surface area (Å²) < 4.78 is 5.46. The van der Waals surface area contributed by atoms with Crippen molar-refractivity contribution in [2.75, 3.05) is 13.2 Å². The van der Waals surface area contributed by atoms with E-state index >= 15 is 0 Å². The lowest BCUT2D eigenvalue weighted by atomic mass is 9.97. The summed E-state index contributed by atoms with van der Waals surface area (Å²) >= 11 is 0. The highest BCUT2D eigenvalue weighted by molar-refractivity contribution is 5.97.